The van der Waals surface area contributed by atoms with Crippen LogP contribution in [0.25, 0.3) is 3.59 Å². The zero-order chi connectivity index (χ0) is 16.6. The van der Waals surface area contributed by atoms with Gasteiger partial charge in [-0.05, 0) is 0 Å². The number of rotatable bonds is 9. The zero-order valence-electron chi connectivity index (χ0n) is 14.4. The van der Waals surface area contributed by atoms with Gasteiger partial charge in [0.15, 0.2) is 0 Å². The third kappa shape index (κ3) is 5.35. The van der Waals surface area contributed by atoms with Crippen LogP contribution in [0, 0.1) is 0 Å². The second-order valence-electron chi connectivity index (χ2n) is 6.75. The van der Waals surface area contributed by atoms with Gasteiger partial charge in [0.2, 0.25) is 0 Å². The molecule has 0 aliphatic carbocycles. The fourth-order valence-electron chi connectivity index (χ4n) is 3.12. The van der Waals surface area contributed by atoms with Crippen LogP contribution in [0.1, 0.15) is 12.0 Å². The topological polar surface area (TPSA) is 0 Å². The van der Waals surface area contributed by atoms with E-state index in [4.69, 9.17) is 0 Å². The van der Waals surface area contributed by atoms with Crippen molar-refractivity contribution in [3.63, 3.8) is 0 Å². The summed E-state index contributed by atoms with van der Waals surface area (Å²) < 4.78 is 1.64. The van der Waals surface area contributed by atoms with Crippen LogP contribution in [0.15, 0.2) is 73.8 Å². The second kappa shape index (κ2) is 9.24. The first kappa shape index (κ1) is 19.1. The Hall–Kier alpha value is -0.956. The van der Waals surface area contributed by atoms with E-state index in [-0.39, 0.29) is 0 Å². The van der Waals surface area contributed by atoms with Crippen LogP contribution in [0.2, 0.25) is 27.5 Å². The van der Waals surface area contributed by atoms with Gasteiger partial charge in [-0.15, -0.1) is 0 Å². The van der Waals surface area contributed by atoms with E-state index >= 15 is 0 Å². The van der Waals surface area contributed by atoms with Gasteiger partial charge in [0.1, 0.15) is 0 Å². The molecule has 0 unspecified atom stereocenters. The van der Waals surface area contributed by atoms with Gasteiger partial charge in [-0.3, -0.25) is 0 Å². The first-order valence-corrected chi connectivity index (χ1v) is 18.1. The normalized spacial score (nSPS) is 12.3. The van der Waals surface area contributed by atoms with Gasteiger partial charge in [0.05, 0.1) is 0 Å². The SMILES string of the molecule is C=CCB(CC=C)/C(CC=C)=[C](/c1ccccc1)[Sn]([CH3])([CH3])[CH3]. The van der Waals surface area contributed by atoms with Crippen molar-refractivity contribution >= 4 is 28.7 Å². The van der Waals surface area contributed by atoms with Crippen LogP contribution >= 0.6 is 0 Å². The summed E-state index contributed by atoms with van der Waals surface area (Å²) in [5.74, 6) is 0. The van der Waals surface area contributed by atoms with Crippen LogP contribution < -0.4 is 0 Å². The predicted octanol–water partition coefficient (Wildman–Crippen LogP) is 6.30. The molecule has 0 nitrogen and oxygen atoms in total. The molecule has 2 heteroatoms. The fraction of sp³-hybridized carbons (Fsp3) is 0.300. The number of hydrogen-bond donors (Lipinski definition) is 0. The first-order valence-electron chi connectivity index (χ1n) is 8.07. The third-order valence-electron chi connectivity index (χ3n) is 3.89. The average molecular weight is 399 g/mol. The van der Waals surface area contributed by atoms with Gasteiger partial charge in [-0.25, -0.2) is 0 Å². The third-order valence-corrected chi connectivity index (χ3v) is 9.91. The molecule has 0 aliphatic heterocycles. The van der Waals surface area contributed by atoms with Gasteiger partial charge >= 0.3 is 142 Å². The van der Waals surface area contributed by atoms with E-state index in [0.29, 0.717) is 6.71 Å². The van der Waals surface area contributed by atoms with E-state index in [2.05, 4.69) is 71.0 Å². The van der Waals surface area contributed by atoms with Gasteiger partial charge in [0, 0.05) is 0 Å². The Bertz CT molecular complexity index is 525. The Labute approximate surface area is 141 Å². The molecule has 0 saturated carbocycles. The van der Waals surface area contributed by atoms with E-state index in [1.807, 2.05) is 12.2 Å². The van der Waals surface area contributed by atoms with Crippen LogP contribution in [0.5, 0.6) is 0 Å². The van der Waals surface area contributed by atoms with E-state index < -0.39 is 18.4 Å². The maximum atomic E-state index is 4.00. The molecule has 0 amide bonds. The van der Waals surface area contributed by atoms with E-state index in [1.165, 1.54) is 5.56 Å². The van der Waals surface area contributed by atoms with E-state index in [1.54, 1.807) is 9.06 Å². The maximum absolute atomic E-state index is 4.00. The molecular weight excluding hydrogens is 370 g/mol. The molecule has 1 aromatic carbocycles. The summed E-state index contributed by atoms with van der Waals surface area (Å²) in [6.07, 6.45) is 9.11. The van der Waals surface area contributed by atoms with Crippen LogP contribution in [-0.2, 0) is 0 Å². The molecule has 0 aromatic heterocycles. The molecule has 0 N–H and O–H groups in total. The molecule has 0 heterocycles. The number of allylic oxidation sites excluding steroid dienone is 4. The Kier molecular flexibility index (Phi) is 8.02. The molecule has 0 radical (unpaired) electrons. The summed E-state index contributed by atoms with van der Waals surface area (Å²) >= 11 is -2.29. The summed E-state index contributed by atoms with van der Waals surface area (Å²) in [6.45, 7) is 12.4. The van der Waals surface area contributed by atoms with Crippen molar-refractivity contribution in [3.8, 4) is 0 Å². The molecule has 1 aromatic rings. The second-order valence-corrected chi connectivity index (χ2v) is 21.0. The minimum absolute atomic E-state index is 0.499. The van der Waals surface area contributed by atoms with Gasteiger partial charge in [-0.1, -0.05) is 0 Å². The molecule has 0 saturated heterocycles. The molecule has 0 spiro atoms. The van der Waals surface area contributed by atoms with Crippen LogP contribution in [0.4, 0.5) is 0 Å². The Morgan fingerprint density at radius 3 is 1.91 bits per heavy atom. The summed E-state index contributed by atoms with van der Waals surface area (Å²) in [5, 5.41) is 0. The van der Waals surface area contributed by atoms with E-state index in [0.717, 1.165) is 19.1 Å². The summed E-state index contributed by atoms with van der Waals surface area (Å²) in [6, 6.07) is 10.9. The van der Waals surface area contributed by atoms with Crippen molar-refractivity contribution in [3.05, 3.63) is 79.3 Å². The van der Waals surface area contributed by atoms with Crippen molar-refractivity contribution in [1.29, 1.82) is 0 Å². The summed E-state index contributed by atoms with van der Waals surface area (Å²) in [4.78, 5) is 7.50. The monoisotopic (exact) mass is 400 g/mol. The molecule has 22 heavy (non-hydrogen) atoms. The van der Waals surface area contributed by atoms with Gasteiger partial charge in [0.25, 0.3) is 0 Å². The Balaban J connectivity index is 3.55. The standard InChI is InChI=1S/C17H20B.3CH3.Sn/c1-4-10-17(18(13-5-2)14-6-3)15-16-11-8-7-9-12-16;;;;/h4-9,11-12H,1-3,10,13-14H2;3*1H3;. The number of hydrogen-bond acceptors (Lipinski definition) is 0. The molecule has 0 bridgehead atoms. The van der Waals surface area contributed by atoms with Crippen molar-refractivity contribution in [2.24, 2.45) is 0 Å². The number of benzene rings is 1. The van der Waals surface area contributed by atoms with Gasteiger partial charge < -0.3 is 0 Å². The summed E-state index contributed by atoms with van der Waals surface area (Å²) in [5.41, 5.74) is 2.96. The quantitative estimate of drug-likeness (QED) is 0.338. The molecule has 116 valence electrons. The predicted molar refractivity (Wildman–Crippen MR) is 107 cm³/mol. The van der Waals surface area contributed by atoms with Crippen molar-refractivity contribution in [2.75, 3.05) is 0 Å². The Morgan fingerprint density at radius 1 is 0.955 bits per heavy atom. The van der Waals surface area contributed by atoms with Crippen molar-refractivity contribution in [2.45, 2.75) is 33.9 Å². The van der Waals surface area contributed by atoms with Crippen LogP contribution in [0.3, 0.4) is 0 Å². The zero-order valence-corrected chi connectivity index (χ0v) is 17.3. The summed E-state index contributed by atoms with van der Waals surface area (Å²) in [7, 11) is 0. The van der Waals surface area contributed by atoms with Crippen molar-refractivity contribution < 1.29 is 0 Å². The minimum atomic E-state index is -2.29. The first-order chi connectivity index (χ1) is 10.5. The molecular formula is C20H29BSn. The molecule has 0 atom stereocenters. The van der Waals surface area contributed by atoms with Crippen molar-refractivity contribution in [1.82, 2.24) is 0 Å². The van der Waals surface area contributed by atoms with Gasteiger partial charge in [-0.2, -0.15) is 0 Å². The Morgan fingerprint density at radius 2 is 1.50 bits per heavy atom. The van der Waals surface area contributed by atoms with Crippen LogP contribution in [-0.4, -0.2) is 25.1 Å². The molecule has 1 rings (SSSR count). The average Bonchev–Trinajstić information content (AvgIpc) is 2.46. The molecule has 0 aliphatic rings. The molecule has 0 fully saturated rings. The van der Waals surface area contributed by atoms with E-state index in [9.17, 15) is 0 Å². The fourth-order valence-corrected chi connectivity index (χ4v) is 9.69.